The number of halogens is 2. The van der Waals surface area contributed by atoms with Crippen molar-refractivity contribution in [3.63, 3.8) is 0 Å². The van der Waals surface area contributed by atoms with Crippen molar-refractivity contribution < 1.29 is 18.3 Å². The Labute approximate surface area is 161 Å². The number of rotatable bonds is 4. The summed E-state index contributed by atoms with van der Waals surface area (Å²) in [5.41, 5.74) is 1.73. The summed E-state index contributed by atoms with van der Waals surface area (Å²) in [4.78, 5) is 14.3. The Hall–Kier alpha value is -2.80. The molecular formula is C20H18F2N2O2S. The van der Waals surface area contributed by atoms with Crippen LogP contribution in [-0.4, -0.2) is 18.2 Å². The van der Waals surface area contributed by atoms with Gasteiger partial charge in [0.1, 0.15) is 11.6 Å². The second-order valence-electron chi connectivity index (χ2n) is 5.92. The minimum Gasteiger partial charge on any atom is -0.466 e. The maximum absolute atomic E-state index is 14.4. The van der Waals surface area contributed by atoms with Gasteiger partial charge in [-0.25, -0.2) is 13.6 Å². The van der Waals surface area contributed by atoms with E-state index in [4.69, 9.17) is 17.0 Å². The van der Waals surface area contributed by atoms with E-state index in [0.717, 1.165) is 17.8 Å². The van der Waals surface area contributed by atoms with Crippen molar-refractivity contribution in [3.05, 3.63) is 77.0 Å². The summed E-state index contributed by atoms with van der Waals surface area (Å²) >= 11 is 5.51. The first-order chi connectivity index (χ1) is 13.0. The van der Waals surface area contributed by atoms with Crippen LogP contribution in [0.4, 0.5) is 14.5 Å². The van der Waals surface area contributed by atoms with E-state index < -0.39 is 23.6 Å². The number of hydrogen-bond acceptors (Lipinski definition) is 3. The van der Waals surface area contributed by atoms with Crippen molar-refractivity contribution >= 4 is 29.0 Å². The molecule has 2 aromatic rings. The molecule has 3 rings (SSSR count). The Bertz CT molecular complexity index is 915. The number of benzene rings is 2. The predicted octanol–water partition coefficient (Wildman–Crippen LogP) is 4.24. The predicted molar refractivity (Wildman–Crippen MR) is 103 cm³/mol. The number of esters is 1. The van der Waals surface area contributed by atoms with E-state index in [1.165, 1.54) is 13.2 Å². The fourth-order valence-electron chi connectivity index (χ4n) is 3.18. The number of carbonyl (C=O) groups excluding carboxylic acids is 1. The molecule has 2 aromatic carbocycles. The lowest BCUT2D eigenvalue weighted by Crippen LogP contribution is -2.48. The van der Waals surface area contributed by atoms with Gasteiger partial charge in [-0.3, -0.25) is 4.90 Å². The van der Waals surface area contributed by atoms with Crippen LogP contribution in [0.15, 0.2) is 59.8 Å². The third kappa shape index (κ3) is 3.55. The molecule has 0 bridgehead atoms. The number of carbonyl (C=O) groups is 1. The van der Waals surface area contributed by atoms with Crippen LogP contribution in [0.5, 0.6) is 0 Å². The molecule has 27 heavy (non-hydrogen) atoms. The van der Waals surface area contributed by atoms with E-state index >= 15 is 0 Å². The highest BCUT2D eigenvalue weighted by Crippen LogP contribution is 2.36. The number of hydrogen-bond donors (Lipinski definition) is 1. The SMILES string of the molecule is CCC1=C(C(=O)OC)[C@H](c2ccc(F)cc2F)NC(=S)N1c1ccccc1. The minimum absolute atomic E-state index is 0.123. The summed E-state index contributed by atoms with van der Waals surface area (Å²) < 4.78 is 32.7. The number of nitrogens with zero attached hydrogens (tertiary/aromatic N) is 1. The Kier molecular flexibility index (Phi) is 5.51. The number of allylic oxidation sites excluding steroid dienone is 1. The molecule has 1 heterocycles. The number of para-hydroxylation sites is 1. The van der Waals surface area contributed by atoms with Crippen molar-refractivity contribution in [2.24, 2.45) is 0 Å². The van der Waals surface area contributed by atoms with Crippen LogP contribution in [0, 0.1) is 11.6 Å². The van der Waals surface area contributed by atoms with Gasteiger partial charge in [0.25, 0.3) is 0 Å². The van der Waals surface area contributed by atoms with Gasteiger partial charge in [0, 0.05) is 23.0 Å². The molecular weight excluding hydrogens is 370 g/mol. The summed E-state index contributed by atoms with van der Waals surface area (Å²) in [6.07, 6.45) is 0.459. The first-order valence-electron chi connectivity index (χ1n) is 8.39. The second-order valence-corrected chi connectivity index (χ2v) is 6.31. The quantitative estimate of drug-likeness (QED) is 0.627. The van der Waals surface area contributed by atoms with Crippen LogP contribution < -0.4 is 10.2 Å². The highest BCUT2D eigenvalue weighted by Gasteiger charge is 2.37. The van der Waals surface area contributed by atoms with Crippen LogP contribution >= 0.6 is 12.2 Å². The van der Waals surface area contributed by atoms with Crippen molar-refractivity contribution in [1.82, 2.24) is 5.32 Å². The summed E-state index contributed by atoms with van der Waals surface area (Å²) in [7, 11) is 1.26. The molecule has 1 aliphatic rings. The molecule has 1 aliphatic heterocycles. The molecule has 7 heteroatoms. The Morgan fingerprint density at radius 1 is 1.22 bits per heavy atom. The highest BCUT2D eigenvalue weighted by molar-refractivity contribution is 7.80. The van der Waals surface area contributed by atoms with Gasteiger partial charge in [-0.05, 0) is 36.8 Å². The maximum Gasteiger partial charge on any atom is 0.338 e. The van der Waals surface area contributed by atoms with Crippen molar-refractivity contribution in [2.75, 3.05) is 12.0 Å². The van der Waals surface area contributed by atoms with Crippen LogP contribution in [0.3, 0.4) is 0 Å². The highest BCUT2D eigenvalue weighted by atomic mass is 32.1. The van der Waals surface area contributed by atoms with E-state index in [2.05, 4.69) is 5.32 Å². The van der Waals surface area contributed by atoms with Crippen molar-refractivity contribution in [1.29, 1.82) is 0 Å². The lowest BCUT2D eigenvalue weighted by Gasteiger charge is -2.38. The summed E-state index contributed by atoms with van der Waals surface area (Å²) in [6, 6.07) is 11.7. The topological polar surface area (TPSA) is 41.6 Å². The van der Waals surface area contributed by atoms with Gasteiger partial charge in [-0.2, -0.15) is 0 Å². The molecule has 0 fully saturated rings. The number of nitrogens with one attached hydrogen (secondary N) is 1. The smallest absolute Gasteiger partial charge is 0.338 e. The van der Waals surface area contributed by atoms with Gasteiger partial charge in [-0.1, -0.05) is 31.2 Å². The van der Waals surface area contributed by atoms with E-state index in [1.807, 2.05) is 37.3 Å². The minimum atomic E-state index is -0.875. The molecule has 4 nitrogen and oxygen atoms in total. The fraction of sp³-hybridized carbons (Fsp3) is 0.200. The lowest BCUT2D eigenvalue weighted by atomic mass is 9.93. The van der Waals surface area contributed by atoms with Crippen molar-refractivity contribution in [2.45, 2.75) is 19.4 Å². The lowest BCUT2D eigenvalue weighted by molar-refractivity contribution is -0.136. The molecule has 1 N–H and O–H groups in total. The van der Waals surface area contributed by atoms with Gasteiger partial charge in [-0.15, -0.1) is 0 Å². The average Bonchev–Trinajstić information content (AvgIpc) is 2.67. The molecule has 0 unspecified atom stereocenters. The van der Waals surface area contributed by atoms with Gasteiger partial charge in [0.05, 0.1) is 18.7 Å². The third-order valence-corrected chi connectivity index (χ3v) is 4.67. The molecule has 0 saturated carbocycles. The number of methoxy groups -OCH3 is 1. The van der Waals surface area contributed by atoms with Crippen LogP contribution in [0.25, 0.3) is 0 Å². The summed E-state index contributed by atoms with van der Waals surface area (Å²) in [6.45, 7) is 1.88. The molecule has 0 radical (unpaired) electrons. The zero-order chi connectivity index (χ0) is 19.6. The molecule has 0 amide bonds. The summed E-state index contributed by atoms with van der Waals surface area (Å²) in [5, 5.41) is 3.33. The number of ether oxygens (including phenoxy) is 1. The largest absolute Gasteiger partial charge is 0.466 e. The van der Waals surface area contributed by atoms with Gasteiger partial charge in [0.15, 0.2) is 5.11 Å². The standard InChI is InChI=1S/C20H18F2N2O2S/c1-3-16-17(19(25)26-2)18(14-10-9-12(21)11-15(14)22)23-20(27)24(16)13-7-5-4-6-8-13/h4-11,18H,3H2,1-2H3,(H,23,27)/t18-/m0/s1. The zero-order valence-electron chi connectivity index (χ0n) is 14.8. The van der Waals surface area contributed by atoms with E-state index in [1.54, 1.807) is 4.90 Å². The van der Waals surface area contributed by atoms with Crippen molar-refractivity contribution in [3.8, 4) is 0 Å². The third-order valence-electron chi connectivity index (χ3n) is 4.37. The number of thiocarbonyl (C=S) groups is 1. The van der Waals surface area contributed by atoms with Gasteiger partial charge in [0.2, 0.25) is 0 Å². The van der Waals surface area contributed by atoms with Crippen LogP contribution in [0.2, 0.25) is 0 Å². The first kappa shape index (κ1) is 19.0. The zero-order valence-corrected chi connectivity index (χ0v) is 15.6. The fourth-order valence-corrected chi connectivity index (χ4v) is 3.52. The Morgan fingerprint density at radius 2 is 1.93 bits per heavy atom. The molecule has 0 saturated heterocycles. The summed E-state index contributed by atoms with van der Waals surface area (Å²) in [5.74, 6) is -2.06. The Balaban J connectivity index is 2.21. The first-order valence-corrected chi connectivity index (χ1v) is 8.80. The molecule has 0 aromatic heterocycles. The monoisotopic (exact) mass is 388 g/mol. The van der Waals surface area contributed by atoms with Gasteiger partial charge >= 0.3 is 5.97 Å². The van der Waals surface area contributed by atoms with Gasteiger partial charge < -0.3 is 10.1 Å². The Morgan fingerprint density at radius 3 is 2.52 bits per heavy atom. The molecule has 1 atom stereocenters. The molecule has 140 valence electrons. The normalized spacial score (nSPS) is 17.0. The second kappa shape index (κ2) is 7.84. The van der Waals surface area contributed by atoms with E-state index in [9.17, 15) is 13.6 Å². The number of anilines is 1. The maximum atomic E-state index is 14.4. The molecule has 0 spiro atoms. The molecule has 0 aliphatic carbocycles. The van der Waals surface area contributed by atoms with E-state index in [0.29, 0.717) is 17.2 Å². The van der Waals surface area contributed by atoms with Crippen LogP contribution in [0.1, 0.15) is 24.9 Å². The average molecular weight is 388 g/mol. The van der Waals surface area contributed by atoms with E-state index in [-0.39, 0.29) is 11.1 Å². The van der Waals surface area contributed by atoms with Crippen LogP contribution in [-0.2, 0) is 9.53 Å².